The molecule has 3 aromatic heterocycles. The van der Waals surface area contributed by atoms with Crippen LogP contribution in [-0.4, -0.2) is 26.9 Å². The van der Waals surface area contributed by atoms with E-state index in [1.807, 2.05) is 54.6 Å². The molecule has 0 aliphatic rings. The number of thiazole rings is 1. The summed E-state index contributed by atoms with van der Waals surface area (Å²) < 4.78 is 7.70. The van der Waals surface area contributed by atoms with E-state index in [1.165, 1.54) is 5.56 Å². The third-order valence-electron chi connectivity index (χ3n) is 6.51. The van der Waals surface area contributed by atoms with Crippen molar-refractivity contribution in [3.63, 3.8) is 0 Å². The minimum absolute atomic E-state index is 0.162. The Balaban J connectivity index is 1.23. The van der Waals surface area contributed by atoms with Gasteiger partial charge in [0, 0.05) is 41.2 Å². The lowest BCUT2D eigenvalue weighted by Gasteiger charge is -2.22. The van der Waals surface area contributed by atoms with Gasteiger partial charge in [-0.25, -0.2) is 9.78 Å². The fourth-order valence-electron chi connectivity index (χ4n) is 4.49. The first-order valence-corrected chi connectivity index (χ1v) is 13.1. The van der Waals surface area contributed by atoms with E-state index in [4.69, 9.17) is 9.40 Å². The van der Waals surface area contributed by atoms with Gasteiger partial charge in [-0.1, -0.05) is 66.2 Å². The van der Waals surface area contributed by atoms with Crippen molar-refractivity contribution in [2.45, 2.75) is 19.9 Å². The Morgan fingerprint density at radius 2 is 1.86 bits per heavy atom. The number of hydrogen-bond donors (Lipinski definition) is 1. The van der Waals surface area contributed by atoms with Gasteiger partial charge in [0.25, 0.3) is 0 Å². The second kappa shape index (κ2) is 9.95. The molecule has 3 aromatic carbocycles. The first-order valence-electron chi connectivity index (χ1n) is 12.2. The summed E-state index contributed by atoms with van der Waals surface area (Å²) in [6.45, 7) is 3.00. The van der Waals surface area contributed by atoms with E-state index < -0.39 is 0 Å². The second-order valence-corrected chi connectivity index (χ2v) is 9.92. The summed E-state index contributed by atoms with van der Waals surface area (Å²) in [7, 11) is 0. The molecule has 3 heterocycles. The standard InChI is InChI=1S/C30H26N4O2S/c1-21-11-13-23(14-12-21)28-19-34-24(20-37-30(34)32-28)15-16-33(18-25-8-5-17-36-25)29(35)31-27-10-4-7-22-6-2-3-9-26(22)27/h2-14,17,19-20H,15-16,18H2,1H3,(H,31,35). The lowest BCUT2D eigenvalue weighted by atomic mass is 10.1. The molecule has 0 bridgehead atoms. The summed E-state index contributed by atoms with van der Waals surface area (Å²) in [5.41, 5.74) is 5.19. The number of carbonyl (C=O) groups excluding carboxylic acids is 1. The molecule has 0 spiro atoms. The maximum atomic E-state index is 13.5. The van der Waals surface area contributed by atoms with Crippen LogP contribution in [0.15, 0.2) is 101 Å². The van der Waals surface area contributed by atoms with Crippen molar-refractivity contribution in [3.05, 3.63) is 114 Å². The molecule has 0 unspecified atom stereocenters. The van der Waals surface area contributed by atoms with Crippen LogP contribution < -0.4 is 5.32 Å². The zero-order valence-electron chi connectivity index (χ0n) is 20.4. The number of aromatic nitrogens is 2. The van der Waals surface area contributed by atoms with Gasteiger partial charge in [-0.05, 0) is 30.5 Å². The van der Waals surface area contributed by atoms with E-state index in [1.54, 1.807) is 22.5 Å². The van der Waals surface area contributed by atoms with E-state index in [2.05, 4.69) is 52.5 Å². The third-order valence-corrected chi connectivity index (χ3v) is 7.40. The number of benzene rings is 3. The molecule has 0 fully saturated rings. The summed E-state index contributed by atoms with van der Waals surface area (Å²) in [6, 6.07) is 26.0. The van der Waals surface area contributed by atoms with Crippen LogP contribution in [0.25, 0.3) is 27.0 Å². The number of nitrogens with one attached hydrogen (secondary N) is 1. The third kappa shape index (κ3) is 4.86. The van der Waals surface area contributed by atoms with Gasteiger partial charge in [0.15, 0.2) is 4.96 Å². The molecule has 184 valence electrons. The SMILES string of the molecule is Cc1ccc(-c2cn3c(CCN(Cc4ccco4)C(=O)Nc4cccc5ccccc45)csc3n2)cc1. The number of amides is 2. The highest BCUT2D eigenvalue weighted by Crippen LogP contribution is 2.26. The van der Waals surface area contributed by atoms with E-state index in [0.717, 1.165) is 44.1 Å². The largest absolute Gasteiger partial charge is 0.467 e. The number of hydrogen-bond acceptors (Lipinski definition) is 4. The van der Waals surface area contributed by atoms with Gasteiger partial charge in [0.1, 0.15) is 5.76 Å². The minimum Gasteiger partial charge on any atom is -0.467 e. The molecule has 2 amide bonds. The Kier molecular flexibility index (Phi) is 6.20. The lowest BCUT2D eigenvalue weighted by molar-refractivity contribution is 0.204. The summed E-state index contributed by atoms with van der Waals surface area (Å²) in [5.74, 6) is 0.743. The Hall–Kier alpha value is -4.36. The Labute approximate surface area is 218 Å². The van der Waals surface area contributed by atoms with Gasteiger partial charge < -0.3 is 14.6 Å². The van der Waals surface area contributed by atoms with E-state index in [9.17, 15) is 4.79 Å². The van der Waals surface area contributed by atoms with E-state index >= 15 is 0 Å². The number of urea groups is 1. The van der Waals surface area contributed by atoms with Crippen LogP contribution in [0.1, 0.15) is 17.0 Å². The van der Waals surface area contributed by atoms with E-state index in [0.29, 0.717) is 19.5 Å². The number of fused-ring (bicyclic) bond motifs is 2. The molecular formula is C30H26N4O2S. The number of furan rings is 1. The summed E-state index contributed by atoms with van der Waals surface area (Å²) >= 11 is 1.62. The fourth-order valence-corrected chi connectivity index (χ4v) is 5.40. The van der Waals surface area contributed by atoms with Gasteiger partial charge in [0.2, 0.25) is 0 Å². The number of rotatable bonds is 7. The first kappa shape index (κ1) is 23.1. The second-order valence-electron chi connectivity index (χ2n) is 9.08. The highest BCUT2D eigenvalue weighted by Gasteiger charge is 2.18. The Bertz CT molecular complexity index is 1660. The first-order chi connectivity index (χ1) is 18.1. The van der Waals surface area contributed by atoms with Crippen molar-refractivity contribution in [1.29, 1.82) is 0 Å². The number of aryl methyl sites for hydroxylation is 1. The van der Waals surface area contributed by atoms with Crippen molar-refractivity contribution in [3.8, 4) is 11.3 Å². The molecule has 0 atom stereocenters. The molecule has 6 rings (SSSR count). The molecule has 7 heteroatoms. The highest BCUT2D eigenvalue weighted by molar-refractivity contribution is 7.15. The van der Waals surface area contributed by atoms with Crippen LogP contribution in [0.4, 0.5) is 10.5 Å². The van der Waals surface area contributed by atoms with Crippen LogP contribution in [0.3, 0.4) is 0 Å². The molecule has 6 aromatic rings. The van der Waals surface area contributed by atoms with Crippen LogP contribution in [0.2, 0.25) is 0 Å². The fraction of sp³-hybridized carbons (Fsp3) is 0.133. The molecule has 0 radical (unpaired) electrons. The molecule has 6 nitrogen and oxygen atoms in total. The Morgan fingerprint density at radius 1 is 1.03 bits per heavy atom. The summed E-state index contributed by atoms with van der Waals surface area (Å²) in [6.07, 6.45) is 4.41. The van der Waals surface area contributed by atoms with Crippen LogP contribution in [0, 0.1) is 6.92 Å². The van der Waals surface area contributed by atoms with Gasteiger partial charge in [0.05, 0.1) is 24.2 Å². The molecule has 0 aliphatic carbocycles. The molecule has 0 aliphatic heterocycles. The van der Waals surface area contributed by atoms with Crippen LogP contribution >= 0.6 is 11.3 Å². The minimum atomic E-state index is -0.162. The molecular weight excluding hydrogens is 480 g/mol. The molecule has 0 saturated carbocycles. The van der Waals surface area contributed by atoms with Gasteiger partial charge in [-0.3, -0.25) is 4.40 Å². The number of anilines is 1. The maximum absolute atomic E-state index is 13.5. The van der Waals surface area contributed by atoms with Crippen molar-refractivity contribution in [2.75, 3.05) is 11.9 Å². The average Bonchev–Trinajstić information content (AvgIpc) is 3.66. The highest BCUT2D eigenvalue weighted by atomic mass is 32.1. The Morgan fingerprint density at radius 3 is 2.70 bits per heavy atom. The smallest absolute Gasteiger partial charge is 0.322 e. The van der Waals surface area contributed by atoms with Gasteiger partial charge >= 0.3 is 6.03 Å². The zero-order valence-corrected chi connectivity index (χ0v) is 21.2. The van der Waals surface area contributed by atoms with Gasteiger partial charge in [-0.15, -0.1) is 11.3 Å². The zero-order chi connectivity index (χ0) is 25.2. The predicted molar refractivity (Wildman–Crippen MR) is 149 cm³/mol. The van der Waals surface area contributed by atoms with Gasteiger partial charge in [-0.2, -0.15) is 0 Å². The number of carbonyl (C=O) groups is 1. The lowest BCUT2D eigenvalue weighted by Crippen LogP contribution is -2.36. The van der Waals surface area contributed by atoms with Crippen molar-refractivity contribution in [1.82, 2.24) is 14.3 Å². The van der Waals surface area contributed by atoms with Crippen LogP contribution in [0.5, 0.6) is 0 Å². The number of nitrogens with zero attached hydrogens (tertiary/aromatic N) is 3. The molecule has 0 saturated heterocycles. The summed E-state index contributed by atoms with van der Waals surface area (Å²) in [5, 5.41) is 7.34. The normalized spacial score (nSPS) is 11.3. The van der Waals surface area contributed by atoms with Crippen molar-refractivity contribution >= 4 is 38.8 Å². The van der Waals surface area contributed by atoms with E-state index in [-0.39, 0.29) is 6.03 Å². The molecule has 1 N–H and O–H groups in total. The van der Waals surface area contributed by atoms with Crippen molar-refractivity contribution < 1.29 is 9.21 Å². The van der Waals surface area contributed by atoms with Crippen molar-refractivity contribution in [2.24, 2.45) is 0 Å². The molecule has 37 heavy (non-hydrogen) atoms. The quantitative estimate of drug-likeness (QED) is 0.245. The monoisotopic (exact) mass is 506 g/mol. The number of imidazole rings is 1. The average molecular weight is 507 g/mol. The topological polar surface area (TPSA) is 62.8 Å². The predicted octanol–water partition coefficient (Wildman–Crippen LogP) is 7.39. The van der Waals surface area contributed by atoms with Crippen LogP contribution in [-0.2, 0) is 13.0 Å². The maximum Gasteiger partial charge on any atom is 0.322 e. The summed E-state index contributed by atoms with van der Waals surface area (Å²) in [4.78, 5) is 21.0.